The monoisotopic (exact) mass is 386 g/mol. The van der Waals surface area contributed by atoms with E-state index in [0.717, 1.165) is 4.88 Å². The first-order valence-electron chi connectivity index (χ1n) is 8.79. The molecular weight excluding hydrogens is 364 g/mol. The number of hydrogen-bond donors (Lipinski definition) is 1. The molecule has 0 saturated heterocycles. The Morgan fingerprint density at radius 2 is 1.93 bits per heavy atom. The molecule has 1 N–H and O–H groups in total. The molecule has 2 heterocycles. The summed E-state index contributed by atoms with van der Waals surface area (Å²) in [5, 5.41) is 5.04. The molecule has 1 aliphatic heterocycles. The summed E-state index contributed by atoms with van der Waals surface area (Å²) in [5.41, 5.74) is 1.34. The number of carbonyl (C=O) groups excluding carboxylic acids is 2. The minimum atomic E-state index is -0.328. The average molecular weight is 386 g/mol. The van der Waals surface area contributed by atoms with Crippen molar-refractivity contribution in [3.63, 3.8) is 0 Å². The number of ether oxygens (including phenoxy) is 2. The summed E-state index contributed by atoms with van der Waals surface area (Å²) >= 11 is 1.43. The smallest absolute Gasteiger partial charge is 0.278 e. The van der Waals surface area contributed by atoms with Crippen LogP contribution in [0.1, 0.15) is 18.2 Å². The van der Waals surface area contributed by atoms with Gasteiger partial charge in [-0.2, -0.15) is 0 Å². The quantitative estimate of drug-likeness (QED) is 0.529. The number of carbonyl (C=O) groups is 2. The van der Waals surface area contributed by atoms with Crippen molar-refractivity contribution < 1.29 is 19.1 Å². The van der Waals surface area contributed by atoms with E-state index in [2.05, 4.69) is 5.32 Å². The van der Waals surface area contributed by atoms with E-state index < -0.39 is 0 Å². The SMILES string of the molecule is CCOc1ccccc1NC1=C(c2cccs2)C(=O)N(CCCOC)C1=O. The Morgan fingerprint density at radius 1 is 1.11 bits per heavy atom. The molecule has 2 amide bonds. The standard InChI is InChI=1S/C20H22N2O4S/c1-3-26-15-9-5-4-8-14(15)21-18-17(16-10-6-13-27-16)19(23)22(20(18)24)11-7-12-25-2/h4-6,8-10,13,21H,3,7,11-12H2,1-2H3. The first-order valence-corrected chi connectivity index (χ1v) is 9.67. The number of nitrogens with one attached hydrogen (secondary N) is 1. The third-order valence-corrected chi connectivity index (χ3v) is 5.00. The van der Waals surface area contributed by atoms with Crippen LogP contribution < -0.4 is 10.1 Å². The summed E-state index contributed by atoms with van der Waals surface area (Å²) in [6.45, 7) is 3.21. The first-order chi connectivity index (χ1) is 13.2. The molecule has 27 heavy (non-hydrogen) atoms. The van der Waals surface area contributed by atoms with Gasteiger partial charge in [0, 0.05) is 25.1 Å². The fraction of sp³-hybridized carbons (Fsp3) is 0.300. The molecule has 0 atom stereocenters. The average Bonchev–Trinajstić information content (AvgIpc) is 3.26. The Hall–Kier alpha value is -2.64. The highest BCUT2D eigenvalue weighted by Crippen LogP contribution is 2.34. The second-order valence-corrected chi connectivity index (χ2v) is 6.84. The van der Waals surface area contributed by atoms with E-state index >= 15 is 0 Å². The molecule has 0 fully saturated rings. The second kappa shape index (κ2) is 8.83. The van der Waals surface area contributed by atoms with Crippen LogP contribution in [0.2, 0.25) is 0 Å². The highest BCUT2D eigenvalue weighted by molar-refractivity contribution is 7.11. The van der Waals surface area contributed by atoms with E-state index in [1.807, 2.05) is 48.7 Å². The maximum Gasteiger partial charge on any atom is 0.278 e. The van der Waals surface area contributed by atoms with Gasteiger partial charge in [-0.15, -0.1) is 11.3 Å². The summed E-state index contributed by atoms with van der Waals surface area (Å²) in [6, 6.07) is 11.1. The Kier molecular flexibility index (Phi) is 6.26. The zero-order valence-electron chi connectivity index (χ0n) is 15.4. The van der Waals surface area contributed by atoms with Crippen LogP contribution in [-0.2, 0) is 14.3 Å². The zero-order valence-corrected chi connectivity index (χ0v) is 16.2. The Labute approximate surface area is 162 Å². The maximum absolute atomic E-state index is 13.0. The molecule has 7 heteroatoms. The van der Waals surface area contributed by atoms with Gasteiger partial charge >= 0.3 is 0 Å². The van der Waals surface area contributed by atoms with Crippen molar-refractivity contribution in [1.82, 2.24) is 4.90 Å². The molecule has 1 aromatic carbocycles. The van der Waals surface area contributed by atoms with Gasteiger partial charge in [0.1, 0.15) is 11.4 Å². The highest BCUT2D eigenvalue weighted by atomic mass is 32.1. The Bertz CT molecular complexity index is 845. The molecule has 0 unspecified atom stereocenters. The Morgan fingerprint density at radius 3 is 2.63 bits per heavy atom. The predicted octanol–water partition coefficient (Wildman–Crippen LogP) is 3.38. The van der Waals surface area contributed by atoms with Crippen molar-refractivity contribution in [1.29, 1.82) is 0 Å². The summed E-state index contributed by atoms with van der Waals surface area (Å²) in [6.07, 6.45) is 0.592. The molecule has 2 aromatic rings. The Balaban J connectivity index is 1.96. The number of amides is 2. The van der Waals surface area contributed by atoms with Gasteiger partial charge in [0.05, 0.1) is 17.9 Å². The van der Waals surface area contributed by atoms with E-state index in [0.29, 0.717) is 43.2 Å². The molecule has 0 saturated carbocycles. The van der Waals surface area contributed by atoms with Crippen molar-refractivity contribution >= 4 is 34.4 Å². The number of rotatable bonds is 9. The first kappa shape index (κ1) is 19.1. The van der Waals surface area contributed by atoms with E-state index in [4.69, 9.17) is 9.47 Å². The molecule has 142 valence electrons. The molecule has 0 radical (unpaired) electrons. The molecule has 6 nitrogen and oxygen atoms in total. The van der Waals surface area contributed by atoms with Gasteiger partial charge in [0.15, 0.2) is 0 Å². The van der Waals surface area contributed by atoms with E-state index in [1.54, 1.807) is 7.11 Å². The van der Waals surface area contributed by atoms with Crippen molar-refractivity contribution in [2.45, 2.75) is 13.3 Å². The second-order valence-electron chi connectivity index (χ2n) is 5.89. The summed E-state index contributed by atoms with van der Waals surface area (Å²) in [7, 11) is 1.60. The number of imide groups is 1. The lowest BCUT2D eigenvalue weighted by molar-refractivity contribution is -0.136. The minimum Gasteiger partial charge on any atom is -0.492 e. The lowest BCUT2D eigenvalue weighted by atomic mass is 10.2. The number of hydrogen-bond acceptors (Lipinski definition) is 6. The fourth-order valence-electron chi connectivity index (χ4n) is 2.90. The van der Waals surface area contributed by atoms with E-state index in [-0.39, 0.29) is 17.5 Å². The third-order valence-electron chi connectivity index (χ3n) is 4.11. The van der Waals surface area contributed by atoms with Gasteiger partial charge < -0.3 is 14.8 Å². The number of anilines is 1. The number of para-hydroxylation sites is 2. The minimum absolute atomic E-state index is 0.282. The van der Waals surface area contributed by atoms with E-state index in [1.165, 1.54) is 16.2 Å². The molecular formula is C20H22N2O4S. The van der Waals surface area contributed by atoms with Crippen LogP contribution in [-0.4, -0.2) is 43.6 Å². The molecule has 0 bridgehead atoms. The van der Waals surface area contributed by atoms with E-state index in [9.17, 15) is 9.59 Å². The normalized spacial score (nSPS) is 14.2. The molecule has 1 aliphatic rings. The van der Waals surface area contributed by atoms with Gasteiger partial charge in [-0.25, -0.2) is 0 Å². The number of thiophene rings is 1. The van der Waals surface area contributed by atoms with Gasteiger partial charge in [0.25, 0.3) is 11.8 Å². The van der Waals surface area contributed by atoms with Crippen LogP contribution in [0.4, 0.5) is 5.69 Å². The lowest BCUT2D eigenvalue weighted by Gasteiger charge is -2.15. The van der Waals surface area contributed by atoms with Crippen molar-refractivity contribution in [3.8, 4) is 5.75 Å². The van der Waals surface area contributed by atoms with Crippen LogP contribution in [0.15, 0.2) is 47.5 Å². The van der Waals surface area contributed by atoms with Crippen LogP contribution in [0.25, 0.3) is 5.57 Å². The van der Waals surface area contributed by atoms with Gasteiger partial charge in [-0.05, 0) is 36.9 Å². The van der Waals surface area contributed by atoms with Crippen molar-refractivity contribution in [3.05, 3.63) is 52.4 Å². The summed E-state index contributed by atoms with van der Waals surface area (Å²) in [5.74, 6) is 0.0249. The molecule has 3 rings (SSSR count). The number of benzene rings is 1. The largest absolute Gasteiger partial charge is 0.492 e. The highest BCUT2D eigenvalue weighted by Gasteiger charge is 2.39. The third kappa shape index (κ3) is 4.04. The summed E-state index contributed by atoms with van der Waals surface area (Å²) < 4.78 is 10.7. The van der Waals surface area contributed by atoms with Gasteiger partial charge in [-0.1, -0.05) is 18.2 Å². The fourth-order valence-corrected chi connectivity index (χ4v) is 3.67. The molecule has 0 aliphatic carbocycles. The van der Waals surface area contributed by atoms with Gasteiger partial charge in [-0.3, -0.25) is 14.5 Å². The van der Waals surface area contributed by atoms with Crippen LogP contribution in [0, 0.1) is 0 Å². The molecule has 1 aromatic heterocycles. The topological polar surface area (TPSA) is 67.9 Å². The van der Waals surface area contributed by atoms with Crippen molar-refractivity contribution in [2.24, 2.45) is 0 Å². The van der Waals surface area contributed by atoms with Crippen LogP contribution >= 0.6 is 11.3 Å². The number of nitrogens with zero attached hydrogens (tertiary/aromatic N) is 1. The zero-order chi connectivity index (χ0) is 19.2. The van der Waals surface area contributed by atoms with Crippen LogP contribution in [0.3, 0.4) is 0 Å². The van der Waals surface area contributed by atoms with Crippen molar-refractivity contribution in [2.75, 3.05) is 32.2 Å². The number of methoxy groups -OCH3 is 1. The lowest BCUT2D eigenvalue weighted by Crippen LogP contribution is -2.33. The predicted molar refractivity (Wildman–Crippen MR) is 106 cm³/mol. The summed E-state index contributed by atoms with van der Waals surface area (Å²) in [4.78, 5) is 28.0. The maximum atomic E-state index is 13.0. The molecule has 0 spiro atoms. The van der Waals surface area contributed by atoms with Gasteiger partial charge in [0.2, 0.25) is 0 Å². The van der Waals surface area contributed by atoms with Crippen LogP contribution in [0.5, 0.6) is 5.75 Å².